The SMILES string of the molecule is CCC1OC2C(C)/C=C(C)/C=C(\C)C(=O)NC3OC(C(C)C(=O)/C=C/C1C)C(C)C2C/C(C)=C\C=C\C3OC. The van der Waals surface area contributed by atoms with Gasteiger partial charge in [0.2, 0.25) is 5.91 Å². The third-order valence-electron chi connectivity index (χ3n) is 8.68. The summed E-state index contributed by atoms with van der Waals surface area (Å²) in [6, 6.07) is 0. The predicted octanol–water partition coefficient (Wildman–Crippen LogP) is 6.10. The van der Waals surface area contributed by atoms with Gasteiger partial charge >= 0.3 is 0 Å². The summed E-state index contributed by atoms with van der Waals surface area (Å²) in [7, 11) is 1.61. The van der Waals surface area contributed by atoms with Crippen molar-refractivity contribution in [2.24, 2.45) is 29.6 Å². The topological polar surface area (TPSA) is 73.9 Å². The van der Waals surface area contributed by atoms with Crippen molar-refractivity contribution in [2.45, 2.75) is 98.9 Å². The van der Waals surface area contributed by atoms with Crippen molar-refractivity contribution in [3.63, 3.8) is 0 Å². The van der Waals surface area contributed by atoms with Crippen LogP contribution < -0.4 is 5.32 Å². The fourth-order valence-corrected chi connectivity index (χ4v) is 6.28. The zero-order valence-electron chi connectivity index (χ0n) is 25.3. The smallest absolute Gasteiger partial charge is 0.248 e. The standard InChI is InChI=1S/C33H49NO5/c1-10-28-21(4)14-15-27(35)25(8)31-24(7)26-18-19(2)12-11-13-29(37-9)33(39-31)34-32(36)23(6)17-20(3)16-22(5)30(26)38-28/h11-17,21-22,24-26,28-31,33H,10,18H2,1-9H3,(H,34,36)/b13-11+,15-14+,19-12-,20-16+,23-17+. The lowest BCUT2D eigenvalue weighted by Crippen LogP contribution is -2.52. The van der Waals surface area contributed by atoms with Gasteiger partial charge < -0.3 is 19.5 Å². The maximum Gasteiger partial charge on any atom is 0.248 e. The maximum absolute atomic E-state index is 13.6. The van der Waals surface area contributed by atoms with Crippen molar-refractivity contribution < 1.29 is 23.8 Å². The molecule has 39 heavy (non-hydrogen) atoms. The van der Waals surface area contributed by atoms with Crippen molar-refractivity contribution in [3.05, 3.63) is 59.3 Å². The summed E-state index contributed by atoms with van der Waals surface area (Å²) in [6.07, 6.45) is 13.5. The van der Waals surface area contributed by atoms with Crippen molar-refractivity contribution >= 4 is 11.7 Å². The van der Waals surface area contributed by atoms with E-state index >= 15 is 0 Å². The van der Waals surface area contributed by atoms with Crippen molar-refractivity contribution in [3.8, 4) is 0 Å². The van der Waals surface area contributed by atoms with Gasteiger partial charge in [-0.1, -0.05) is 82.2 Å². The number of nitrogens with one attached hydrogen (secondary N) is 1. The Balaban J connectivity index is 2.33. The Bertz CT molecular complexity index is 1040. The number of fused-ring (bicyclic) bond motifs is 1. The van der Waals surface area contributed by atoms with Gasteiger partial charge in [0.25, 0.3) is 0 Å². The number of amides is 1. The molecule has 0 fully saturated rings. The molecule has 3 aliphatic heterocycles. The van der Waals surface area contributed by atoms with Crippen LogP contribution in [0.3, 0.4) is 0 Å². The van der Waals surface area contributed by atoms with E-state index in [9.17, 15) is 9.59 Å². The zero-order chi connectivity index (χ0) is 28.9. The van der Waals surface area contributed by atoms with Crippen LogP contribution in [0.25, 0.3) is 0 Å². The molecule has 216 valence electrons. The fourth-order valence-electron chi connectivity index (χ4n) is 6.28. The molecule has 1 N–H and O–H groups in total. The Morgan fingerprint density at radius 3 is 2.38 bits per heavy atom. The highest BCUT2D eigenvalue weighted by atomic mass is 16.6. The van der Waals surface area contributed by atoms with Crippen LogP contribution in [0.15, 0.2) is 59.3 Å². The van der Waals surface area contributed by atoms with Gasteiger partial charge in [-0.15, -0.1) is 0 Å². The molecule has 0 aromatic rings. The monoisotopic (exact) mass is 539 g/mol. The number of hydrogen-bond acceptors (Lipinski definition) is 5. The Morgan fingerprint density at radius 2 is 1.72 bits per heavy atom. The normalized spacial score (nSPS) is 44.5. The van der Waals surface area contributed by atoms with Gasteiger partial charge in [0.05, 0.1) is 18.3 Å². The first-order valence-corrected chi connectivity index (χ1v) is 14.5. The van der Waals surface area contributed by atoms with Crippen LogP contribution in [-0.4, -0.2) is 49.4 Å². The van der Waals surface area contributed by atoms with Crippen LogP contribution in [0.2, 0.25) is 0 Å². The lowest BCUT2D eigenvalue weighted by Gasteiger charge is -2.42. The molecule has 6 heteroatoms. The van der Waals surface area contributed by atoms with Gasteiger partial charge in [-0.3, -0.25) is 9.59 Å². The number of carbonyl (C=O) groups is 2. The molecule has 0 spiro atoms. The van der Waals surface area contributed by atoms with E-state index in [4.69, 9.17) is 14.2 Å². The average molecular weight is 540 g/mol. The molecule has 0 aromatic carbocycles. The lowest BCUT2D eigenvalue weighted by molar-refractivity contribution is -0.159. The Kier molecular flexibility index (Phi) is 11.1. The minimum atomic E-state index is -0.782. The molecule has 0 saturated carbocycles. The van der Waals surface area contributed by atoms with Crippen molar-refractivity contribution in [2.75, 3.05) is 7.11 Å². The molecular formula is C33H49NO5. The van der Waals surface area contributed by atoms with E-state index in [0.29, 0.717) is 5.57 Å². The van der Waals surface area contributed by atoms with Gasteiger partial charge in [-0.05, 0) is 51.5 Å². The van der Waals surface area contributed by atoms with E-state index in [-0.39, 0.29) is 47.6 Å². The maximum atomic E-state index is 13.6. The number of ether oxygens (including phenoxy) is 3. The van der Waals surface area contributed by atoms with E-state index in [1.54, 1.807) is 13.2 Å². The molecule has 3 aliphatic rings. The number of rotatable bonds is 2. The van der Waals surface area contributed by atoms with Gasteiger partial charge in [-0.25, -0.2) is 0 Å². The van der Waals surface area contributed by atoms with Crippen LogP contribution in [0.5, 0.6) is 0 Å². The van der Waals surface area contributed by atoms with E-state index in [1.165, 1.54) is 5.57 Å². The Morgan fingerprint density at radius 1 is 1.00 bits per heavy atom. The van der Waals surface area contributed by atoms with Crippen LogP contribution in [0.4, 0.5) is 0 Å². The molecule has 6 nitrogen and oxygen atoms in total. The number of carbonyl (C=O) groups excluding carboxylic acids is 2. The highest BCUT2D eigenvalue weighted by Crippen LogP contribution is 2.39. The first kappa shape index (κ1) is 31.3. The highest BCUT2D eigenvalue weighted by molar-refractivity contribution is 5.93. The second-order valence-electron chi connectivity index (χ2n) is 11.9. The second kappa shape index (κ2) is 13.9. The minimum absolute atomic E-state index is 0.0201. The number of methoxy groups -OCH3 is 1. The Labute approximate surface area is 235 Å². The molecule has 0 aromatic heterocycles. The van der Waals surface area contributed by atoms with Crippen LogP contribution in [0, 0.1) is 29.6 Å². The lowest BCUT2D eigenvalue weighted by atomic mass is 9.73. The summed E-state index contributed by atoms with van der Waals surface area (Å²) in [6.45, 7) is 16.6. The molecule has 4 bridgehead atoms. The van der Waals surface area contributed by atoms with Gasteiger partial charge in [-0.2, -0.15) is 0 Å². The average Bonchev–Trinajstić information content (AvgIpc) is 2.91. The summed E-state index contributed by atoms with van der Waals surface area (Å²) in [5.74, 6) is -0.473. The first-order chi connectivity index (χ1) is 18.5. The van der Waals surface area contributed by atoms with Crippen molar-refractivity contribution in [1.82, 2.24) is 5.32 Å². The molecule has 3 rings (SSSR count). The molecule has 0 radical (unpaired) electrons. The van der Waals surface area contributed by atoms with Crippen LogP contribution in [0.1, 0.15) is 68.2 Å². The second-order valence-corrected chi connectivity index (χ2v) is 11.9. The number of allylic oxidation sites excluding steroid dienone is 6. The first-order valence-electron chi connectivity index (χ1n) is 14.5. The summed E-state index contributed by atoms with van der Waals surface area (Å²) in [5, 5.41) is 3.07. The van der Waals surface area contributed by atoms with Gasteiger partial charge in [0.15, 0.2) is 12.0 Å². The van der Waals surface area contributed by atoms with Gasteiger partial charge in [0.1, 0.15) is 6.10 Å². The summed E-state index contributed by atoms with van der Waals surface area (Å²) in [4.78, 5) is 26.9. The van der Waals surface area contributed by atoms with E-state index in [1.807, 2.05) is 45.1 Å². The molecular weight excluding hydrogens is 490 g/mol. The molecule has 0 saturated heterocycles. The fraction of sp³-hybridized carbons (Fsp3) is 0.636. The van der Waals surface area contributed by atoms with Crippen LogP contribution in [-0.2, 0) is 23.8 Å². The van der Waals surface area contributed by atoms with E-state index < -0.39 is 24.4 Å². The van der Waals surface area contributed by atoms with Crippen molar-refractivity contribution in [1.29, 1.82) is 0 Å². The molecule has 10 atom stereocenters. The molecule has 0 aliphatic carbocycles. The summed E-state index contributed by atoms with van der Waals surface area (Å²) < 4.78 is 19.7. The number of hydrogen-bond donors (Lipinski definition) is 1. The molecule has 1 amide bonds. The van der Waals surface area contributed by atoms with E-state index in [0.717, 1.165) is 18.4 Å². The molecule has 3 heterocycles. The highest BCUT2D eigenvalue weighted by Gasteiger charge is 2.42. The summed E-state index contributed by atoms with van der Waals surface area (Å²) in [5.41, 5.74) is 2.81. The zero-order valence-corrected chi connectivity index (χ0v) is 25.3. The molecule has 10 unspecified atom stereocenters. The third-order valence-corrected chi connectivity index (χ3v) is 8.68. The predicted molar refractivity (Wildman–Crippen MR) is 156 cm³/mol. The van der Waals surface area contributed by atoms with E-state index in [2.05, 4.69) is 52.1 Å². The Hall–Kier alpha value is -2.28. The number of ketones is 1. The largest absolute Gasteiger partial charge is 0.373 e. The minimum Gasteiger partial charge on any atom is -0.373 e. The van der Waals surface area contributed by atoms with Crippen LogP contribution >= 0.6 is 0 Å². The third kappa shape index (κ3) is 7.68. The summed E-state index contributed by atoms with van der Waals surface area (Å²) >= 11 is 0. The quantitative estimate of drug-likeness (QED) is 0.459. The van der Waals surface area contributed by atoms with Gasteiger partial charge in [0, 0.05) is 30.4 Å².